The second kappa shape index (κ2) is 11.0. The maximum Gasteiger partial charge on any atom is 0.306 e. The van der Waals surface area contributed by atoms with Gasteiger partial charge < -0.3 is 10.1 Å². The molecule has 3 aromatic heterocycles. The molecule has 1 N–H and O–H groups in total. The van der Waals surface area contributed by atoms with Gasteiger partial charge in [0.1, 0.15) is 5.82 Å². The Morgan fingerprint density at radius 1 is 1.24 bits per heavy atom. The van der Waals surface area contributed by atoms with Gasteiger partial charge in [0.2, 0.25) is 0 Å². The van der Waals surface area contributed by atoms with Crippen LogP contribution in [0.15, 0.2) is 23.7 Å². The van der Waals surface area contributed by atoms with Gasteiger partial charge in [-0.1, -0.05) is 6.07 Å². The summed E-state index contributed by atoms with van der Waals surface area (Å²) in [5, 5.41) is 7.94. The maximum atomic E-state index is 12.3. The monoisotopic (exact) mass is 496 g/mol. The van der Waals surface area contributed by atoms with Crippen LogP contribution in [0.2, 0.25) is 0 Å². The third kappa shape index (κ3) is 6.02. The molecule has 0 spiro atoms. The molecule has 1 fully saturated rings. The lowest BCUT2D eigenvalue weighted by Crippen LogP contribution is -2.14. The third-order valence-corrected chi connectivity index (χ3v) is 8.70. The van der Waals surface area contributed by atoms with Gasteiger partial charge in [-0.3, -0.25) is 4.79 Å². The number of hydrogen-bond donors (Lipinski definition) is 1. The average Bonchev–Trinajstić information content (AvgIpc) is 3.40. The highest BCUT2D eigenvalue weighted by Gasteiger charge is 2.29. The molecule has 1 unspecified atom stereocenters. The van der Waals surface area contributed by atoms with Crippen molar-refractivity contribution in [1.29, 1.82) is 0 Å². The Balaban J connectivity index is 1.18. The SMILES string of the molecule is CCOC(=O)CC(Cc1csc(CCCc2ccc3c(n2)NCCC3)n1)c1cnc(C2CC2)s1. The highest BCUT2D eigenvalue weighted by molar-refractivity contribution is 7.11. The first-order valence-corrected chi connectivity index (χ1v) is 14.1. The van der Waals surface area contributed by atoms with E-state index >= 15 is 0 Å². The van der Waals surface area contributed by atoms with Gasteiger partial charge in [-0.15, -0.1) is 22.7 Å². The third-order valence-electron chi connectivity index (χ3n) is 6.42. The van der Waals surface area contributed by atoms with E-state index in [9.17, 15) is 4.79 Å². The number of ether oxygens (including phenoxy) is 1. The van der Waals surface area contributed by atoms with Crippen LogP contribution in [0.4, 0.5) is 5.82 Å². The van der Waals surface area contributed by atoms with Crippen LogP contribution in [0.25, 0.3) is 0 Å². The molecule has 5 rings (SSSR count). The van der Waals surface area contributed by atoms with E-state index in [1.807, 2.05) is 13.1 Å². The molecule has 3 aromatic rings. The molecule has 6 nitrogen and oxygen atoms in total. The molecule has 180 valence electrons. The van der Waals surface area contributed by atoms with E-state index in [0.717, 1.165) is 60.9 Å². The second-order valence-electron chi connectivity index (χ2n) is 9.21. The molecule has 2 aliphatic rings. The van der Waals surface area contributed by atoms with Crippen molar-refractivity contribution in [3.63, 3.8) is 0 Å². The van der Waals surface area contributed by atoms with Crippen LogP contribution in [-0.4, -0.2) is 34.1 Å². The van der Waals surface area contributed by atoms with Gasteiger partial charge in [-0.05, 0) is 69.9 Å². The minimum atomic E-state index is -0.142. The Bertz CT molecular complexity index is 1120. The molecular formula is C26H32N4O2S2. The molecule has 1 saturated carbocycles. The van der Waals surface area contributed by atoms with Crippen molar-refractivity contribution in [2.75, 3.05) is 18.5 Å². The Labute approximate surface area is 209 Å². The molecule has 0 radical (unpaired) electrons. The number of esters is 1. The molecule has 1 atom stereocenters. The molecule has 1 aliphatic heterocycles. The molecule has 0 bridgehead atoms. The van der Waals surface area contributed by atoms with Gasteiger partial charge in [-0.25, -0.2) is 15.0 Å². The van der Waals surface area contributed by atoms with Gasteiger partial charge in [0, 0.05) is 40.5 Å². The topological polar surface area (TPSA) is 77.0 Å². The van der Waals surface area contributed by atoms with E-state index in [1.165, 1.54) is 34.7 Å². The number of rotatable bonds is 11. The minimum Gasteiger partial charge on any atom is -0.466 e. The van der Waals surface area contributed by atoms with E-state index in [4.69, 9.17) is 14.7 Å². The molecule has 34 heavy (non-hydrogen) atoms. The van der Waals surface area contributed by atoms with Crippen molar-refractivity contribution in [1.82, 2.24) is 15.0 Å². The van der Waals surface area contributed by atoms with Crippen molar-refractivity contribution in [2.24, 2.45) is 0 Å². The number of nitrogens with one attached hydrogen (secondary N) is 1. The summed E-state index contributed by atoms with van der Waals surface area (Å²) >= 11 is 3.49. The van der Waals surface area contributed by atoms with E-state index in [-0.39, 0.29) is 11.9 Å². The average molecular weight is 497 g/mol. The van der Waals surface area contributed by atoms with Crippen LogP contribution >= 0.6 is 22.7 Å². The number of anilines is 1. The molecule has 0 amide bonds. The van der Waals surface area contributed by atoms with Crippen LogP contribution in [0, 0.1) is 0 Å². The number of pyridine rings is 1. The molecule has 4 heterocycles. The zero-order valence-electron chi connectivity index (χ0n) is 19.7. The van der Waals surface area contributed by atoms with Crippen LogP contribution in [0.1, 0.15) is 82.7 Å². The number of carbonyl (C=O) groups is 1. The summed E-state index contributed by atoms with van der Waals surface area (Å²) in [5.74, 6) is 1.64. The van der Waals surface area contributed by atoms with Crippen molar-refractivity contribution in [2.45, 2.75) is 76.5 Å². The summed E-state index contributed by atoms with van der Waals surface area (Å²) in [6, 6.07) is 4.40. The lowest BCUT2D eigenvalue weighted by Gasteiger charge is -2.17. The maximum absolute atomic E-state index is 12.3. The molecule has 0 saturated heterocycles. The minimum absolute atomic E-state index is 0.0752. The fourth-order valence-corrected chi connectivity index (χ4v) is 6.48. The Kier molecular flexibility index (Phi) is 7.54. The zero-order chi connectivity index (χ0) is 23.3. The smallest absolute Gasteiger partial charge is 0.306 e. The van der Waals surface area contributed by atoms with Gasteiger partial charge in [0.05, 0.1) is 28.7 Å². The Morgan fingerprint density at radius 2 is 2.15 bits per heavy atom. The fraction of sp³-hybridized carbons (Fsp3) is 0.538. The molecule has 1 aliphatic carbocycles. The van der Waals surface area contributed by atoms with E-state index in [0.29, 0.717) is 18.9 Å². The summed E-state index contributed by atoms with van der Waals surface area (Å²) in [5.41, 5.74) is 3.55. The van der Waals surface area contributed by atoms with Crippen LogP contribution in [0.3, 0.4) is 0 Å². The van der Waals surface area contributed by atoms with Crippen molar-refractivity contribution in [3.8, 4) is 0 Å². The summed E-state index contributed by atoms with van der Waals surface area (Å²) in [4.78, 5) is 27.8. The van der Waals surface area contributed by atoms with Crippen molar-refractivity contribution < 1.29 is 9.53 Å². The van der Waals surface area contributed by atoms with E-state index in [1.54, 1.807) is 22.7 Å². The number of thiazole rings is 2. The number of fused-ring (bicyclic) bond motifs is 1. The number of aromatic nitrogens is 3. The Hall–Kier alpha value is -2.32. The lowest BCUT2D eigenvalue weighted by atomic mass is 9.98. The zero-order valence-corrected chi connectivity index (χ0v) is 21.3. The molecular weight excluding hydrogens is 464 g/mol. The van der Waals surface area contributed by atoms with Crippen molar-refractivity contribution in [3.05, 3.63) is 55.6 Å². The standard InChI is InChI=1S/C26H32N4O2S2/c1-2-32-24(31)14-19(22-15-28-26(34-22)18-8-9-18)13-21-16-33-23(29-21)7-3-6-20-11-10-17-5-4-12-27-25(17)30-20/h10-11,15-16,18-19H,2-9,12-14H2,1H3,(H,27,30). The summed E-state index contributed by atoms with van der Waals surface area (Å²) in [7, 11) is 0. The normalized spacial score (nSPS) is 16.0. The van der Waals surface area contributed by atoms with Crippen molar-refractivity contribution >= 4 is 34.5 Å². The summed E-state index contributed by atoms with van der Waals surface area (Å²) in [6.45, 7) is 3.29. The van der Waals surface area contributed by atoms with Crippen LogP contribution in [-0.2, 0) is 35.2 Å². The largest absolute Gasteiger partial charge is 0.466 e. The fourth-order valence-electron chi connectivity index (χ4n) is 4.44. The first-order valence-electron chi connectivity index (χ1n) is 12.4. The predicted octanol–water partition coefficient (Wildman–Crippen LogP) is 5.68. The first kappa shape index (κ1) is 23.4. The number of carbonyl (C=O) groups excluding carboxylic acids is 1. The van der Waals surface area contributed by atoms with Gasteiger partial charge in [-0.2, -0.15) is 0 Å². The summed E-state index contributed by atoms with van der Waals surface area (Å²) < 4.78 is 5.25. The number of aryl methyl sites for hydroxylation is 3. The predicted molar refractivity (Wildman–Crippen MR) is 137 cm³/mol. The van der Waals surface area contributed by atoms with E-state index < -0.39 is 0 Å². The Morgan fingerprint density at radius 3 is 3.00 bits per heavy atom. The second-order valence-corrected chi connectivity index (χ2v) is 11.2. The molecule has 8 heteroatoms. The van der Waals surface area contributed by atoms with Crippen LogP contribution in [0.5, 0.6) is 0 Å². The van der Waals surface area contributed by atoms with Gasteiger partial charge in [0.15, 0.2) is 0 Å². The lowest BCUT2D eigenvalue weighted by molar-refractivity contribution is -0.143. The number of nitrogens with zero attached hydrogens (tertiary/aromatic N) is 3. The summed E-state index contributed by atoms with van der Waals surface area (Å²) in [6.07, 6.45) is 10.8. The van der Waals surface area contributed by atoms with E-state index in [2.05, 4.69) is 27.8 Å². The highest BCUT2D eigenvalue weighted by atomic mass is 32.1. The number of hydrogen-bond acceptors (Lipinski definition) is 8. The van der Waals surface area contributed by atoms with Gasteiger partial charge >= 0.3 is 5.97 Å². The van der Waals surface area contributed by atoms with Gasteiger partial charge in [0.25, 0.3) is 0 Å². The van der Waals surface area contributed by atoms with Crippen LogP contribution < -0.4 is 5.32 Å². The molecule has 0 aromatic carbocycles. The first-order chi connectivity index (χ1) is 16.7. The quantitative estimate of drug-likeness (QED) is 0.344. The highest BCUT2D eigenvalue weighted by Crippen LogP contribution is 2.43.